The van der Waals surface area contributed by atoms with E-state index < -0.39 is 0 Å². The van der Waals surface area contributed by atoms with Gasteiger partial charge in [-0.3, -0.25) is 0 Å². The Morgan fingerprint density at radius 1 is 1.04 bits per heavy atom. The normalized spacial score (nSPS) is 11.5. The van der Waals surface area contributed by atoms with Gasteiger partial charge in [-0.05, 0) is 24.3 Å². The fourth-order valence-corrected chi connectivity index (χ4v) is 2.97. The van der Waals surface area contributed by atoms with Gasteiger partial charge < -0.3 is 30.1 Å². The van der Waals surface area contributed by atoms with Crippen molar-refractivity contribution >= 4 is 28.4 Å². The molecule has 4 N–H and O–H groups in total. The maximum atomic E-state index is 10.1. The van der Waals surface area contributed by atoms with Gasteiger partial charge >= 0.3 is 0 Å². The Morgan fingerprint density at radius 3 is 2.36 bits per heavy atom. The zero-order valence-electron chi connectivity index (χ0n) is 16.8. The average Bonchev–Trinajstić information content (AvgIpc) is 2.62. The molecule has 8 heteroatoms. The van der Waals surface area contributed by atoms with Crippen LogP contribution in [0.3, 0.4) is 0 Å². The molecular weight excluding hydrogens is 358 g/mol. The maximum Gasteiger partial charge on any atom is 0.229 e. The largest absolute Gasteiger partial charge is 0.507 e. The van der Waals surface area contributed by atoms with Gasteiger partial charge in [-0.2, -0.15) is 4.98 Å². The minimum atomic E-state index is 0.259. The number of quaternary nitrogens is 1. The van der Waals surface area contributed by atoms with Crippen molar-refractivity contribution < 1.29 is 19.1 Å². The SMILES string of the molecule is COc1cc2nc(Nc3ccc(O)c(C[N+](C)(C)C)c3)nc(N)c2cc1OC. The Kier molecular flexibility index (Phi) is 5.15. The molecular formula is C20H26N5O3+. The minimum Gasteiger partial charge on any atom is -0.507 e. The number of benzene rings is 2. The lowest BCUT2D eigenvalue weighted by atomic mass is 10.1. The first-order chi connectivity index (χ1) is 13.2. The zero-order chi connectivity index (χ0) is 20.5. The van der Waals surface area contributed by atoms with Crippen LogP contribution < -0.4 is 20.5 Å². The van der Waals surface area contributed by atoms with E-state index in [9.17, 15) is 5.11 Å². The third kappa shape index (κ3) is 4.17. The van der Waals surface area contributed by atoms with Crippen molar-refractivity contribution in [3.8, 4) is 17.2 Å². The van der Waals surface area contributed by atoms with Crippen LogP contribution in [0, 0.1) is 0 Å². The Morgan fingerprint density at radius 2 is 1.71 bits per heavy atom. The maximum absolute atomic E-state index is 10.1. The Bertz CT molecular complexity index is 1010. The van der Waals surface area contributed by atoms with E-state index in [1.165, 1.54) is 0 Å². The quantitative estimate of drug-likeness (QED) is 0.443. The van der Waals surface area contributed by atoms with Gasteiger partial charge in [0, 0.05) is 17.1 Å². The molecule has 0 radical (unpaired) electrons. The molecule has 0 aliphatic rings. The highest BCUT2D eigenvalue weighted by Gasteiger charge is 2.15. The average molecular weight is 384 g/mol. The monoisotopic (exact) mass is 384 g/mol. The summed E-state index contributed by atoms with van der Waals surface area (Å²) in [7, 11) is 9.32. The van der Waals surface area contributed by atoms with E-state index in [-0.39, 0.29) is 5.75 Å². The fraction of sp³-hybridized carbons (Fsp3) is 0.300. The first kappa shape index (κ1) is 19.5. The Balaban J connectivity index is 1.97. The van der Waals surface area contributed by atoms with E-state index in [1.807, 2.05) is 6.07 Å². The Hall–Kier alpha value is -3.26. The number of ether oxygens (including phenoxy) is 2. The van der Waals surface area contributed by atoms with E-state index >= 15 is 0 Å². The third-order valence-electron chi connectivity index (χ3n) is 4.21. The summed E-state index contributed by atoms with van der Waals surface area (Å²) in [6.45, 7) is 0.680. The second-order valence-corrected chi connectivity index (χ2v) is 7.57. The summed E-state index contributed by atoms with van der Waals surface area (Å²) in [6.07, 6.45) is 0. The number of rotatable bonds is 6. The minimum absolute atomic E-state index is 0.259. The highest BCUT2D eigenvalue weighted by atomic mass is 16.5. The standard InChI is InChI=1S/C20H25N5O3/c1-25(2,3)11-12-8-13(6-7-16(12)26)22-20-23-15-10-18(28-5)17(27-4)9-14(15)19(21)24-20/h6-10H,11H2,1-5H3,(H3-,21,22,23,24,26)/p+1. The highest BCUT2D eigenvalue weighted by molar-refractivity contribution is 5.92. The van der Waals surface area contributed by atoms with Gasteiger partial charge in [0.05, 0.1) is 46.4 Å². The number of nitrogens with two attached hydrogens (primary N) is 1. The summed E-state index contributed by atoms with van der Waals surface area (Å²) in [5.74, 6) is 2.08. The summed E-state index contributed by atoms with van der Waals surface area (Å²) in [6, 6.07) is 8.83. The van der Waals surface area contributed by atoms with Crippen LogP contribution in [-0.2, 0) is 6.54 Å². The van der Waals surface area contributed by atoms with Crippen LogP contribution in [0.25, 0.3) is 10.9 Å². The van der Waals surface area contributed by atoms with Crippen LogP contribution >= 0.6 is 0 Å². The number of phenolic OH excluding ortho intramolecular Hbond substituents is 1. The molecule has 0 amide bonds. The highest BCUT2D eigenvalue weighted by Crippen LogP contribution is 2.34. The number of anilines is 3. The van der Waals surface area contributed by atoms with E-state index in [4.69, 9.17) is 15.2 Å². The first-order valence-corrected chi connectivity index (χ1v) is 8.79. The second kappa shape index (κ2) is 7.40. The summed E-state index contributed by atoms with van der Waals surface area (Å²) in [4.78, 5) is 8.88. The molecule has 1 heterocycles. The van der Waals surface area contributed by atoms with Crippen LogP contribution in [0.2, 0.25) is 0 Å². The van der Waals surface area contributed by atoms with Crippen molar-refractivity contribution in [1.29, 1.82) is 0 Å². The second-order valence-electron chi connectivity index (χ2n) is 7.57. The zero-order valence-corrected chi connectivity index (χ0v) is 16.8. The molecule has 0 aliphatic carbocycles. The molecule has 0 saturated heterocycles. The molecule has 0 atom stereocenters. The van der Waals surface area contributed by atoms with Gasteiger partial charge in [-0.1, -0.05) is 0 Å². The van der Waals surface area contributed by atoms with Gasteiger partial charge in [-0.25, -0.2) is 4.98 Å². The summed E-state index contributed by atoms with van der Waals surface area (Å²) >= 11 is 0. The predicted molar refractivity (Wildman–Crippen MR) is 110 cm³/mol. The number of nitrogens with one attached hydrogen (secondary N) is 1. The van der Waals surface area contributed by atoms with Crippen LogP contribution in [0.15, 0.2) is 30.3 Å². The van der Waals surface area contributed by atoms with Crippen molar-refractivity contribution in [2.45, 2.75) is 6.54 Å². The van der Waals surface area contributed by atoms with E-state index in [2.05, 4.69) is 36.4 Å². The molecule has 0 fully saturated rings. The fourth-order valence-electron chi connectivity index (χ4n) is 2.97. The number of phenols is 1. The molecule has 1 aromatic heterocycles. The van der Waals surface area contributed by atoms with Crippen molar-refractivity contribution in [3.05, 3.63) is 35.9 Å². The van der Waals surface area contributed by atoms with E-state index in [0.29, 0.717) is 45.2 Å². The molecule has 0 spiro atoms. The molecule has 0 bridgehead atoms. The van der Waals surface area contributed by atoms with Gasteiger partial charge in [0.1, 0.15) is 18.1 Å². The summed E-state index contributed by atoms with van der Waals surface area (Å²) < 4.78 is 11.3. The van der Waals surface area contributed by atoms with E-state index in [0.717, 1.165) is 11.3 Å². The number of hydrogen-bond acceptors (Lipinski definition) is 7. The molecule has 2 aromatic carbocycles. The van der Waals surface area contributed by atoms with Gasteiger partial charge in [0.15, 0.2) is 11.5 Å². The van der Waals surface area contributed by atoms with Crippen molar-refractivity contribution in [1.82, 2.24) is 9.97 Å². The molecule has 3 rings (SSSR count). The number of nitrogens with zero attached hydrogens (tertiary/aromatic N) is 3. The van der Waals surface area contributed by atoms with Crippen molar-refractivity contribution in [2.75, 3.05) is 46.4 Å². The number of hydrogen-bond donors (Lipinski definition) is 3. The first-order valence-electron chi connectivity index (χ1n) is 8.79. The lowest BCUT2D eigenvalue weighted by Crippen LogP contribution is -2.33. The molecule has 0 aliphatic heterocycles. The number of aromatic nitrogens is 2. The van der Waals surface area contributed by atoms with Crippen LogP contribution in [0.1, 0.15) is 5.56 Å². The van der Waals surface area contributed by atoms with Crippen LogP contribution in [-0.4, -0.2) is 54.9 Å². The topological polar surface area (TPSA) is 103 Å². The number of nitrogen functional groups attached to an aromatic ring is 1. The lowest BCUT2D eigenvalue weighted by molar-refractivity contribution is -0.884. The Labute approximate surface area is 164 Å². The smallest absolute Gasteiger partial charge is 0.229 e. The number of fused-ring (bicyclic) bond motifs is 1. The van der Waals surface area contributed by atoms with Gasteiger partial charge in [0.2, 0.25) is 5.95 Å². The summed E-state index contributed by atoms with van der Waals surface area (Å²) in [5.41, 5.74) is 8.37. The molecule has 0 unspecified atom stereocenters. The van der Waals surface area contributed by atoms with Gasteiger partial charge in [0.25, 0.3) is 0 Å². The van der Waals surface area contributed by atoms with Crippen molar-refractivity contribution in [2.24, 2.45) is 0 Å². The van der Waals surface area contributed by atoms with E-state index in [1.54, 1.807) is 38.5 Å². The predicted octanol–water partition coefficient (Wildman–Crippen LogP) is 2.88. The summed E-state index contributed by atoms with van der Waals surface area (Å²) in [5, 5.41) is 14.0. The number of aromatic hydroxyl groups is 1. The molecule has 8 nitrogen and oxygen atoms in total. The molecule has 3 aromatic rings. The molecule has 28 heavy (non-hydrogen) atoms. The van der Waals surface area contributed by atoms with Gasteiger partial charge in [-0.15, -0.1) is 0 Å². The van der Waals surface area contributed by atoms with Crippen molar-refractivity contribution in [3.63, 3.8) is 0 Å². The number of methoxy groups -OCH3 is 2. The molecule has 148 valence electrons. The lowest BCUT2D eigenvalue weighted by Gasteiger charge is -2.24. The third-order valence-corrected chi connectivity index (χ3v) is 4.21. The van der Waals surface area contributed by atoms with Crippen LogP contribution in [0.4, 0.5) is 17.5 Å². The molecule has 0 saturated carbocycles. The van der Waals surface area contributed by atoms with Crippen LogP contribution in [0.5, 0.6) is 17.2 Å².